The van der Waals surface area contributed by atoms with Gasteiger partial charge in [0.1, 0.15) is 24.4 Å². The summed E-state index contributed by atoms with van der Waals surface area (Å²) in [7, 11) is 0. The van der Waals surface area contributed by atoms with Crippen molar-refractivity contribution in [3.8, 4) is 0 Å². The zero-order chi connectivity index (χ0) is 58.6. The zero-order valence-electron chi connectivity index (χ0n) is 53.6. The van der Waals surface area contributed by atoms with Gasteiger partial charge in [-0.05, 0) is 57.8 Å². The minimum absolute atomic E-state index is 0.179. The zero-order valence-corrected chi connectivity index (χ0v) is 53.6. The Kier molecular flexibility index (Phi) is 58.8. The maximum atomic E-state index is 13.1. The number of rotatable bonds is 63. The quantitative estimate of drug-likeness (QED) is 0.0261. The molecule has 1 amide bonds. The predicted molar refractivity (Wildman–Crippen MR) is 346 cm³/mol. The highest BCUT2D eigenvalue weighted by atomic mass is 16.7. The number of amides is 1. The molecule has 1 heterocycles. The van der Waals surface area contributed by atoms with Gasteiger partial charge in [0.15, 0.2) is 6.29 Å². The van der Waals surface area contributed by atoms with Crippen LogP contribution in [-0.4, -0.2) is 87.5 Å². The van der Waals surface area contributed by atoms with Crippen molar-refractivity contribution >= 4 is 5.91 Å². The first kappa shape index (κ1) is 77.4. The first-order valence-corrected chi connectivity index (χ1v) is 35.7. The van der Waals surface area contributed by atoms with Gasteiger partial charge >= 0.3 is 0 Å². The van der Waals surface area contributed by atoms with E-state index in [4.69, 9.17) is 9.47 Å². The third kappa shape index (κ3) is 50.3. The van der Waals surface area contributed by atoms with Gasteiger partial charge in [0.25, 0.3) is 0 Å². The van der Waals surface area contributed by atoms with Crippen LogP contribution in [0.1, 0.15) is 361 Å². The van der Waals surface area contributed by atoms with Crippen LogP contribution < -0.4 is 5.32 Å². The largest absolute Gasteiger partial charge is 0.394 e. The fourth-order valence-corrected chi connectivity index (χ4v) is 11.6. The SMILES string of the molecule is CCCCCCCCCC/C=C\CCCCCCCCCCCCCCCCCCCCCC(=O)NC(COC1OC(CO)C(O)C(O)C1O)C(O)/C=C/CC/C=C/CCCCCCCCCCCCCCCCCCCCCCC. The fraction of sp³-hybridized carbons (Fsp3) is 0.903. The number of carbonyl (C=O) groups is 1. The lowest BCUT2D eigenvalue weighted by Gasteiger charge is -2.40. The summed E-state index contributed by atoms with van der Waals surface area (Å²) in [6.45, 7) is 3.82. The summed E-state index contributed by atoms with van der Waals surface area (Å²) < 4.78 is 11.3. The summed E-state index contributed by atoms with van der Waals surface area (Å²) in [5.74, 6) is -0.179. The van der Waals surface area contributed by atoms with Crippen molar-refractivity contribution in [2.75, 3.05) is 13.2 Å². The molecule has 81 heavy (non-hydrogen) atoms. The van der Waals surface area contributed by atoms with Crippen molar-refractivity contribution in [1.29, 1.82) is 0 Å². The van der Waals surface area contributed by atoms with Crippen molar-refractivity contribution in [3.05, 3.63) is 36.5 Å². The Labute approximate surface area is 501 Å². The molecule has 9 heteroatoms. The number of hydrogen-bond donors (Lipinski definition) is 6. The van der Waals surface area contributed by atoms with E-state index in [2.05, 4.69) is 43.5 Å². The average molecular weight is 1140 g/mol. The van der Waals surface area contributed by atoms with Crippen molar-refractivity contribution in [2.45, 2.75) is 403 Å². The highest BCUT2D eigenvalue weighted by Crippen LogP contribution is 2.23. The Hall–Kier alpha value is -1.59. The van der Waals surface area contributed by atoms with Gasteiger partial charge in [-0.15, -0.1) is 0 Å². The summed E-state index contributed by atoms with van der Waals surface area (Å²) in [6, 6.07) is -0.822. The monoisotopic (exact) mass is 1140 g/mol. The van der Waals surface area contributed by atoms with E-state index in [-0.39, 0.29) is 12.5 Å². The van der Waals surface area contributed by atoms with Crippen LogP contribution in [0.25, 0.3) is 0 Å². The van der Waals surface area contributed by atoms with E-state index in [1.54, 1.807) is 6.08 Å². The van der Waals surface area contributed by atoms with E-state index in [0.717, 1.165) is 38.5 Å². The number of unbranched alkanes of at least 4 members (excludes halogenated alkanes) is 49. The number of allylic oxidation sites excluding steroid dienone is 5. The molecule has 0 radical (unpaired) electrons. The van der Waals surface area contributed by atoms with Crippen molar-refractivity contribution in [1.82, 2.24) is 5.32 Å². The average Bonchev–Trinajstić information content (AvgIpc) is 3.47. The Bertz CT molecular complexity index is 1370. The standard InChI is InChI=1S/C72H137NO8/c1-3-5-7-9-11-13-15-17-19-21-23-25-27-29-31-32-33-34-36-38-40-42-44-46-48-50-52-54-56-58-60-62-68(76)73-65(64-80-72-71(79)70(78)69(77)67(63-74)81-72)66(75)61-59-57-55-53-51-49-47-45-43-41-39-37-35-30-28-26-24-22-20-18-16-14-12-10-8-6-4-2/h21,23,51,53,59,61,65-67,69-72,74-75,77-79H,3-20,22,24-50,52,54-58,60,62-64H2,1-2H3,(H,73,76)/b23-21-,53-51+,61-59+. The molecule has 7 atom stereocenters. The molecule has 0 spiro atoms. The molecular weight excluding hydrogens is 1010 g/mol. The van der Waals surface area contributed by atoms with Gasteiger partial charge in [-0.2, -0.15) is 0 Å². The molecule has 0 aliphatic carbocycles. The van der Waals surface area contributed by atoms with E-state index in [0.29, 0.717) is 6.42 Å². The summed E-state index contributed by atoms with van der Waals surface area (Å²) in [4.78, 5) is 13.1. The summed E-state index contributed by atoms with van der Waals surface area (Å²) in [5, 5.41) is 54.8. The Morgan fingerprint density at radius 2 is 0.704 bits per heavy atom. The minimum Gasteiger partial charge on any atom is -0.394 e. The molecule has 0 aromatic carbocycles. The van der Waals surface area contributed by atoms with Crippen molar-refractivity contribution in [2.24, 2.45) is 0 Å². The molecule has 0 saturated carbocycles. The Morgan fingerprint density at radius 1 is 0.407 bits per heavy atom. The van der Waals surface area contributed by atoms with Gasteiger partial charge < -0.3 is 40.3 Å². The molecule has 1 fully saturated rings. The molecule has 1 rings (SSSR count). The number of aliphatic hydroxyl groups is 5. The number of ether oxygens (including phenoxy) is 2. The molecule has 0 aromatic rings. The van der Waals surface area contributed by atoms with Crippen LogP contribution in [0.4, 0.5) is 0 Å². The van der Waals surface area contributed by atoms with Crippen LogP contribution in [0.3, 0.4) is 0 Å². The highest BCUT2D eigenvalue weighted by Gasteiger charge is 2.44. The van der Waals surface area contributed by atoms with Crippen LogP contribution in [0.15, 0.2) is 36.5 Å². The third-order valence-electron chi connectivity index (χ3n) is 17.2. The lowest BCUT2D eigenvalue weighted by atomic mass is 9.99. The minimum atomic E-state index is -1.57. The Morgan fingerprint density at radius 3 is 1.04 bits per heavy atom. The second-order valence-electron chi connectivity index (χ2n) is 25.0. The second kappa shape index (κ2) is 61.5. The smallest absolute Gasteiger partial charge is 0.220 e. The molecule has 478 valence electrons. The maximum absolute atomic E-state index is 13.1. The maximum Gasteiger partial charge on any atom is 0.220 e. The molecule has 1 saturated heterocycles. The molecule has 6 N–H and O–H groups in total. The fourth-order valence-electron chi connectivity index (χ4n) is 11.6. The van der Waals surface area contributed by atoms with Crippen LogP contribution in [0.5, 0.6) is 0 Å². The van der Waals surface area contributed by atoms with Gasteiger partial charge in [-0.3, -0.25) is 4.79 Å². The number of aliphatic hydroxyl groups excluding tert-OH is 5. The molecule has 1 aliphatic rings. The van der Waals surface area contributed by atoms with Gasteiger partial charge in [0, 0.05) is 6.42 Å². The molecule has 1 aliphatic heterocycles. The lowest BCUT2D eigenvalue weighted by molar-refractivity contribution is -0.302. The van der Waals surface area contributed by atoms with Crippen LogP contribution >= 0.6 is 0 Å². The summed E-state index contributed by atoms with van der Waals surface area (Å²) in [5.41, 5.74) is 0. The number of hydrogen-bond acceptors (Lipinski definition) is 8. The van der Waals surface area contributed by atoms with E-state index in [9.17, 15) is 30.3 Å². The van der Waals surface area contributed by atoms with Gasteiger partial charge in [0.05, 0.1) is 25.4 Å². The molecular formula is C72H137NO8. The highest BCUT2D eigenvalue weighted by molar-refractivity contribution is 5.76. The summed E-state index contributed by atoms with van der Waals surface area (Å²) >= 11 is 0. The first-order chi connectivity index (χ1) is 39.8. The van der Waals surface area contributed by atoms with Gasteiger partial charge in [-0.25, -0.2) is 0 Å². The summed E-state index contributed by atoms with van der Waals surface area (Å²) in [6.07, 6.45) is 75.5. The number of carbonyl (C=O) groups excluding carboxylic acids is 1. The second-order valence-corrected chi connectivity index (χ2v) is 25.0. The van der Waals surface area contributed by atoms with E-state index < -0.39 is 49.5 Å². The normalized spacial score (nSPS) is 18.5. The molecule has 0 bridgehead atoms. The van der Waals surface area contributed by atoms with E-state index >= 15 is 0 Å². The predicted octanol–water partition coefficient (Wildman–Crippen LogP) is 19.4. The number of nitrogens with one attached hydrogen (secondary N) is 1. The van der Waals surface area contributed by atoms with E-state index in [1.165, 1.54) is 302 Å². The van der Waals surface area contributed by atoms with Crippen molar-refractivity contribution < 1.29 is 39.8 Å². The van der Waals surface area contributed by atoms with Gasteiger partial charge in [-0.1, -0.05) is 333 Å². The lowest BCUT2D eigenvalue weighted by Crippen LogP contribution is -2.60. The van der Waals surface area contributed by atoms with Gasteiger partial charge in [0.2, 0.25) is 5.91 Å². The third-order valence-corrected chi connectivity index (χ3v) is 17.2. The van der Waals surface area contributed by atoms with Crippen LogP contribution in [0, 0.1) is 0 Å². The van der Waals surface area contributed by atoms with E-state index in [1.807, 2.05) is 6.08 Å². The molecule has 9 nitrogen and oxygen atoms in total. The molecule has 0 aromatic heterocycles. The first-order valence-electron chi connectivity index (χ1n) is 35.7. The topological polar surface area (TPSA) is 149 Å². The molecule has 7 unspecified atom stereocenters. The van der Waals surface area contributed by atoms with Crippen molar-refractivity contribution in [3.63, 3.8) is 0 Å². The van der Waals surface area contributed by atoms with Crippen LogP contribution in [-0.2, 0) is 14.3 Å². The van der Waals surface area contributed by atoms with Crippen LogP contribution in [0.2, 0.25) is 0 Å². The Balaban J connectivity index is 2.13.